The Bertz CT molecular complexity index is 134. The molecule has 1 atom stereocenters. The summed E-state index contributed by atoms with van der Waals surface area (Å²) in [7, 11) is 0. The van der Waals surface area contributed by atoms with Crippen molar-refractivity contribution in [2.24, 2.45) is 0 Å². The molecule has 0 aliphatic carbocycles. The molecule has 0 aliphatic rings. The van der Waals surface area contributed by atoms with Gasteiger partial charge in [-0.25, -0.2) is 0 Å². The minimum atomic E-state index is -2.31. The number of hydrogen-bond donors (Lipinski definition) is 1. The number of hydrogen-bond acceptors (Lipinski definition) is 3. The third kappa shape index (κ3) is 5.87. The molecule has 0 rings (SSSR count). The maximum absolute atomic E-state index is 10.6. The first-order valence-corrected chi connectivity index (χ1v) is 3.95. The van der Waals surface area contributed by atoms with Gasteiger partial charge in [0, 0.05) is 6.42 Å². The van der Waals surface area contributed by atoms with Crippen molar-refractivity contribution < 1.29 is 17.7 Å². The molecular weight excluding hydrogens is 156 g/mol. The van der Waals surface area contributed by atoms with E-state index in [4.69, 9.17) is 4.55 Å². The van der Waals surface area contributed by atoms with Crippen molar-refractivity contribution in [1.29, 1.82) is 0 Å². The largest absolute Gasteiger partial charge is 0.302 e. The van der Waals surface area contributed by atoms with E-state index in [9.17, 15) is 9.00 Å². The lowest BCUT2D eigenvalue weighted by atomic mass is 10.2. The predicted molar refractivity (Wildman–Crippen MR) is 36.6 cm³/mol. The van der Waals surface area contributed by atoms with Crippen LogP contribution in [0.3, 0.4) is 0 Å². The molecule has 0 spiro atoms. The van der Waals surface area contributed by atoms with E-state index >= 15 is 0 Å². The monoisotopic (exact) mass is 166 g/mol. The first-order chi connectivity index (χ1) is 4.66. The topological polar surface area (TPSA) is 63.6 Å². The standard InChI is InChI=1S/C5H10O4S/c1-2-3-5(6)4-9-10(7)8/h2-4H2,1H3,(H,7,8). The van der Waals surface area contributed by atoms with E-state index in [0.717, 1.165) is 6.42 Å². The zero-order chi connectivity index (χ0) is 7.98. The number of rotatable bonds is 5. The average Bonchev–Trinajstić information content (AvgIpc) is 1.85. The smallest absolute Gasteiger partial charge is 0.297 e. The summed E-state index contributed by atoms with van der Waals surface area (Å²) in [6, 6.07) is 0. The van der Waals surface area contributed by atoms with E-state index in [1.54, 1.807) is 0 Å². The molecule has 0 saturated carbocycles. The highest BCUT2D eigenvalue weighted by Crippen LogP contribution is 1.90. The highest BCUT2D eigenvalue weighted by atomic mass is 32.2. The van der Waals surface area contributed by atoms with Crippen molar-refractivity contribution in [3.05, 3.63) is 0 Å². The van der Waals surface area contributed by atoms with Gasteiger partial charge >= 0.3 is 11.4 Å². The Morgan fingerprint density at radius 3 is 2.70 bits per heavy atom. The Kier molecular flexibility index (Phi) is 5.38. The van der Waals surface area contributed by atoms with Gasteiger partial charge in [0.05, 0.1) is 0 Å². The van der Waals surface area contributed by atoms with Crippen molar-refractivity contribution in [3.8, 4) is 0 Å². The van der Waals surface area contributed by atoms with Gasteiger partial charge in [-0.3, -0.25) is 13.5 Å². The summed E-state index contributed by atoms with van der Waals surface area (Å²) in [5.41, 5.74) is 0. The van der Waals surface area contributed by atoms with Crippen LogP contribution >= 0.6 is 0 Å². The van der Waals surface area contributed by atoms with E-state index < -0.39 is 11.4 Å². The van der Waals surface area contributed by atoms with Crippen molar-refractivity contribution in [2.45, 2.75) is 19.8 Å². The van der Waals surface area contributed by atoms with Crippen molar-refractivity contribution in [2.75, 3.05) is 6.61 Å². The second kappa shape index (κ2) is 5.52. The maximum atomic E-state index is 10.6. The van der Waals surface area contributed by atoms with Crippen LogP contribution in [0.2, 0.25) is 0 Å². The van der Waals surface area contributed by atoms with E-state index in [-0.39, 0.29) is 12.4 Å². The molecule has 4 nitrogen and oxygen atoms in total. The lowest BCUT2D eigenvalue weighted by molar-refractivity contribution is -0.121. The molecule has 5 heteroatoms. The quantitative estimate of drug-likeness (QED) is 0.604. The molecule has 0 heterocycles. The summed E-state index contributed by atoms with van der Waals surface area (Å²) in [5, 5.41) is 0. The van der Waals surface area contributed by atoms with Crippen LogP contribution in [0.4, 0.5) is 0 Å². The molecule has 0 aromatic heterocycles. The van der Waals surface area contributed by atoms with Crippen LogP contribution in [0.15, 0.2) is 0 Å². The van der Waals surface area contributed by atoms with Gasteiger partial charge < -0.3 is 0 Å². The second-order valence-corrected chi connectivity index (χ2v) is 2.44. The van der Waals surface area contributed by atoms with Gasteiger partial charge in [0.15, 0.2) is 5.78 Å². The SMILES string of the molecule is CCCC(=O)COS(=O)O. The van der Waals surface area contributed by atoms with Crippen LogP contribution in [0.25, 0.3) is 0 Å². The van der Waals surface area contributed by atoms with Crippen LogP contribution in [-0.2, 0) is 20.3 Å². The Balaban J connectivity index is 3.30. The number of Topliss-reactive ketones (excluding diaryl/α,β-unsaturated/α-hetero) is 1. The fraction of sp³-hybridized carbons (Fsp3) is 0.800. The Morgan fingerprint density at radius 2 is 2.30 bits per heavy atom. The molecule has 0 radical (unpaired) electrons. The summed E-state index contributed by atoms with van der Waals surface area (Å²) in [4.78, 5) is 10.6. The van der Waals surface area contributed by atoms with Gasteiger partial charge in [-0.15, -0.1) is 0 Å². The van der Waals surface area contributed by atoms with Gasteiger partial charge in [-0.05, 0) is 6.42 Å². The minimum absolute atomic E-state index is 0.148. The molecule has 0 fully saturated rings. The van der Waals surface area contributed by atoms with Gasteiger partial charge in [-0.1, -0.05) is 6.92 Å². The summed E-state index contributed by atoms with van der Waals surface area (Å²) >= 11 is -2.31. The van der Waals surface area contributed by atoms with E-state index in [1.165, 1.54) is 0 Å². The maximum Gasteiger partial charge on any atom is 0.302 e. The highest BCUT2D eigenvalue weighted by molar-refractivity contribution is 7.74. The predicted octanol–water partition coefficient (Wildman–Crippen LogP) is 0.509. The average molecular weight is 166 g/mol. The second-order valence-electron chi connectivity index (χ2n) is 1.77. The third-order valence-electron chi connectivity index (χ3n) is 0.850. The third-order valence-corrected chi connectivity index (χ3v) is 1.17. The molecule has 60 valence electrons. The van der Waals surface area contributed by atoms with Crippen LogP contribution < -0.4 is 0 Å². The molecule has 0 amide bonds. The minimum Gasteiger partial charge on any atom is -0.297 e. The van der Waals surface area contributed by atoms with Gasteiger partial charge in [0.1, 0.15) is 6.61 Å². The van der Waals surface area contributed by atoms with Gasteiger partial charge in [-0.2, -0.15) is 4.21 Å². The number of ketones is 1. The first-order valence-electron chi connectivity index (χ1n) is 2.92. The van der Waals surface area contributed by atoms with Crippen LogP contribution in [-0.4, -0.2) is 21.2 Å². The summed E-state index contributed by atoms with van der Waals surface area (Å²) in [5.74, 6) is -0.148. The van der Waals surface area contributed by atoms with E-state index in [2.05, 4.69) is 4.18 Å². The Hall–Kier alpha value is -0.260. The lowest BCUT2D eigenvalue weighted by Gasteiger charge is -1.94. The summed E-state index contributed by atoms with van der Waals surface area (Å²) < 4.78 is 22.0. The molecule has 0 aromatic rings. The Morgan fingerprint density at radius 1 is 1.70 bits per heavy atom. The zero-order valence-corrected chi connectivity index (χ0v) is 6.52. The Labute approximate surface area is 62.1 Å². The van der Waals surface area contributed by atoms with E-state index in [0.29, 0.717) is 6.42 Å². The lowest BCUT2D eigenvalue weighted by Crippen LogP contribution is -2.08. The van der Waals surface area contributed by atoms with E-state index in [1.807, 2.05) is 6.92 Å². The first kappa shape index (κ1) is 9.74. The molecule has 0 saturated heterocycles. The molecule has 1 unspecified atom stereocenters. The fourth-order valence-corrected chi connectivity index (χ4v) is 0.699. The highest BCUT2D eigenvalue weighted by Gasteiger charge is 2.01. The fourth-order valence-electron chi connectivity index (χ4n) is 0.467. The van der Waals surface area contributed by atoms with Crippen molar-refractivity contribution in [3.63, 3.8) is 0 Å². The zero-order valence-electron chi connectivity index (χ0n) is 5.70. The molecule has 0 aromatic carbocycles. The number of carbonyl (C=O) groups excluding carboxylic acids is 1. The van der Waals surface area contributed by atoms with Crippen molar-refractivity contribution in [1.82, 2.24) is 0 Å². The molecule has 0 bridgehead atoms. The molecule has 10 heavy (non-hydrogen) atoms. The summed E-state index contributed by atoms with van der Waals surface area (Å²) in [6.07, 6.45) is 1.14. The van der Waals surface area contributed by atoms with Crippen LogP contribution in [0.1, 0.15) is 19.8 Å². The molecular formula is C5H10O4S. The van der Waals surface area contributed by atoms with Crippen molar-refractivity contribution >= 4 is 17.1 Å². The molecule has 1 N–H and O–H groups in total. The van der Waals surface area contributed by atoms with Gasteiger partial charge in [0.25, 0.3) is 0 Å². The van der Waals surface area contributed by atoms with Crippen LogP contribution in [0.5, 0.6) is 0 Å². The summed E-state index contributed by atoms with van der Waals surface area (Å²) in [6.45, 7) is 1.59. The van der Waals surface area contributed by atoms with Crippen LogP contribution in [0, 0.1) is 0 Å². The molecule has 0 aliphatic heterocycles. The van der Waals surface area contributed by atoms with Gasteiger partial charge in [0.2, 0.25) is 0 Å². The number of carbonyl (C=O) groups is 1. The normalized spacial score (nSPS) is 13.0.